The van der Waals surface area contributed by atoms with Crippen LogP contribution in [0.5, 0.6) is 0 Å². The van der Waals surface area contributed by atoms with Gasteiger partial charge in [-0.25, -0.2) is 9.97 Å². The lowest BCUT2D eigenvalue weighted by Crippen LogP contribution is -2.43. The zero-order chi connectivity index (χ0) is 18.2. The van der Waals surface area contributed by atoms with Crippen LogP contribution in [0.2, 0.25) is 5.02 Å². The molecule has 1 N–H and O–H groups in total. The number of fused-ring (bicyclic) bond motifs is 1. The number of rotatable bonds is 3. The van der Waals surface area contributed by atoms with E-state index in [-0.39, 0.29) is 7.43 Å². The first-order valence-corrected chi connectivity index (χ1v) is 10.1. The van der Waals surface area contributed by atoms with Gasteiger partial charge in [-0.3, -0.25) is 9.55 Å². The minimum Gasteiger partial charge on any atom is -0.346 e. The van der Waals surface area contributed by atoms with E-state index in [1.54, 1.807) is 17.5 Å². The molecule has 0 saturated carbocycles. The Morgan fingerprint density at radius 3 is 2.61 bits per heavy atom. The summed E-state index contributed by atoms with van der Waals surface area (Å²) in [5, 5.41) is 7.21. The summed E-state index contributed by atoms with van der Waals surface area (Å²) >= 11 is 7.74. The Morgan fingerprint density at radius 2 is 1.82 bits per heavy atom. The first-order chi connectivity index (χ1) is 13.3. The molecule has 0 atom stereocenters. The monoisotopic (exact) mass is 412 g/mol. The van der Waals surface area contributed by atoms with Gasteiger partial charge in [0.1, 0.15) is 5.69 Å². The van der Waals surface area contributed by atoms with E-state index < -0.39 is 0 Å². The van der Waals surface area contributed by atoms with Gasteiger partial charge in [0, 0.05) is 48.5 Å². The van der Waals surface area contributed by atoms with Crippen LogP contribution in [-0.2, 0) is 0 Å². The predicted octanol–water partition coefficient (Wildman–Crippen LogP) is 4.24. The summed E-state index contributed by atoms with van der Waals surface area (Å²) in [6, 6.07) is 9.67. The van der Waals surface area contributed by atoms with Gasteiger partial charge >= 0.3 is 0 Å². The van der Waals surface area contributed by atoms with E-state index in [0.717, 1.165) is 59.5 Å². The number of hydrogen-bond donors (Lipinski definition) is 1. The lowest BCUT2D eigenvalue weighted by atomic mass is 10.3. The molecule has 4 heterocycles. The molecule has 3 aromatic heterocycles. The molecule has 28 heavy (non-hydrogen) atoms. The Labute approximate surface area is 172 Å². The first-order valence-electron chi connectivity index (χ1n) is 8.79. The number of anilines is 1. The van der Waals surface area contributed by atoms with Crippen LogP contribution >= 0.6 is 22.9 Å². The number of thiazole rings is 1. The standard InChI is InChI=1S/C19H17ClN6S.CH4/c20-13-1-3-14(4-2-13)26-17-11-22-6-5-15(17)23-18(26)16-12-27-19(24-16)25-9-7-21-8-10-25;/h1-6,11-12,21H,7-10H2;1H4. The fourth-order valence-electron chi connectivity index (χ4n) is 3.32. The third-order valence-corrected chi connectivity index (χ3v) is 5.80. The number of piperazine rings is 1. The molecular weight excluding hydrogens is 392 g/mol. The molecule has 1 fully saturated rings. The number of benzene rings is 1. The maximum Gasteiger partial charge on any atom is 0.186 e. The van der Waals surface area contributed by atoms with Crippen molar-refractivity contribution in [3.63, 3.8) is 0 Å². The Hall–Kier alpha value is -2.48. The van der Waals surface area contributed by atoms with Crippen molar-refractivity contribution in [1.29, 1.82) is 0 Å². The Balaban J connectivity index is 0.00000192. The van der Waals surface area contributed by atoms with Crippen LogP contribution in [0.15, 0.2) is 48.1 Å². The second-order valence-corrected chi connectivity index (χ2v) is 7.64. The highest BCUT2D eigenvalue weighted by Crippen LogP contribution is 2.32. The molecule has 4 aromatic rings. The number of halogens is 1. The van der Waals surface area contributed by atoms with Gasteiger partial charge in [0.25, 0.3) is 0 Å². The normalized spacial score (nSPS) is 14.2. The van der Waals surface area contributed by atoms with Gasteiger partial charge in [0.15, 0.2) is 11.0 Å². The number of aromatic nitrogens is 4. The van der Waals surface area contributed by atoms with Crippen molar-refractivity contribution in [2.45, 2.75) is 7.43 Å². The van der Waals surface area contributed by atoms with E-state index in [1.807, 2.05) is 36.5 Å². The molecule has 0 bridgehead atoms. The van der Waals surface area contributed by atoms with Gasteiger partial charge in [0.2, 0.25) is 0 Å². The van der Waals surface area contributed by atoms with E-state index >= 15 is 0 Å². The van der Waals surface area contributed by atoms with Crippen LogP contribution < -0.4 is 10.2 Å². The van der Waals surface area contributed by atoms with Crippen molar-refractivity contribution in [3.05, 3.63) is 53.1 Å². The summed E-state index contributed by atoms with van der Waals surface area (Å²) in [5.74, 6) is 0.818. The highest BCUT2D eigenvalue weighted by atomic mass is 35.5. The molecule has 1 aromatic carbocycles. The van der Waals surface area contributed by atoms with Crippen LogP contribution in [0.4, 0.5) is 5.13 Å². The summed E-state index contributed by atoms with van der Waals surface area (Å²) in [7, 11) is 0. The molecule has 8 heteroatoms. The highest BCUT2D eigenvalue weighted by molar-refractivity contribution is 7.14. The predicted molar refractivity (Wildman–Crippen MR) is 117 cm³/mol. The maximum atomic E-state index is 6.08. The quantitative estimate of drug-likeness (QED) is 0.545. The molecule has 6 nitrogen and oxygen atoms in total. The highest BCUT2D eigenvalue weighted by Gasteiger charge is 2.19. The fourth-order valence-corrected chi connectivity index (χ4v) is 4.30. The molecule has 0 spiro atoms. The Kier molecular flexibility index (Phi) is 5.30. The minimum absolute atomic E-state index is 0. The lowest BCUT2D eigenvalue weighted by Gasteiger charge is -2.26. The molecule has 0 radical (unpaired) electrons. The van der Waals surface area contributed by atoms with Gasteiger partial charge in [-0.1, -0.05) is 19.0 Å². The second kappa shape index (κ2) is 7.87. The summed E-state index contributed by atoms with van der Waals surface area (Å²) in [4.78, 5) is 16.3. The van der Waals surface area contributed by atoms with Crippen molar-refractivity contribution in [3.8, 4) is 17.2 Å². The van der Waals surface area contributed by atoms with Gasteiger partial charge in [0.05, 0.1) is 17.2 Å². The van der Waals surface area contributed by atoms with Gasteiger partial charge in [-0.2, -0.15) is 0 Å². The summed E-state index contributed by atoms with van der Waals surface area (Å²) in [6.45, 7) is 3.93. The molecule has 0 unspecified atom stereocenters. The second-order valence-electron chi connectivity index (χ2n) is 6.36. The average molecular weight is 413 g/mol. The molecule has 0 aliphatic carbocycles. The number of nitrogens with one attached hydrogen (secondary N) is 1. The van der Waals surface area contributed by atoms with Crippen LogP contribution in [0.25, 0.3) is 28.2 Å². The number of imidazole rings is 1. The Morgan fingerprint density at radius 1 is 1.04 bits per heavy atom. The third-order valence-electron chi connectivity index (χ3n) is 4.65. The van der Waals surface area contributed by atoms with Crippen molar-refractivity contribution >= 4 is 39.1 Å². The van der Waals surface area contributed by atoms with E-state index in [9.17, 15) is 0 Å². The molecule has 144 valence electrons. The van der Waals surface area contributed by atoms with E-state index in [4.69, 9.17) is 21.6 Å². The topological polar surface area (TPSA) is 58.9 Å². The van der Waals surface area contributed by atoms with Crippen LogP contribution in [-0.4, -0.2) is 45.7 Å². The smallest absolute Gasteiger partial charge is 0.186 e. The van der Waals surface area contributed by atoms with E-state index in [2.05, 4.69) is 25.1 Å². The van der Waals surface area contributed by atoms with Crippen molar-refractivity contribution < 1.29 is 0 Å². The average Bonchev–Trinajstić information content (AvgIpc) is 3.34. The van der Waals surface area contributed by atoms with Crippen LogP contribution in [0.3, 0.4) is 0 Å². The summed E-state index contributed by atoms with van der Waals surface area (Å²) in [6.07, 6.45) is 3.60. The van der Waals surface area contributed by atoms with Crippen molar-refractivity contribution in [2.75, 3.05) is 31.1 Å². The van der Waals surface area contributed by atoms with Crippen molar-refractivity contribution in [2.24, 2.45) is 0 Å². The molecule has 1 saturated heterocycles. The van der Waals surface area contributed by atoms with Gasteiger partial charge in [-0.05, 0) is 30.3 Å². The largest absolute Gasteiger partial charge is 0.346 e. The molecule has 0 amide bonds. The molecule has 5 rings (SSSR count). The van der Waals surface area contributed by atoms with E-state index in [1.165, 1.54) is 0 Å². The van der Waals surface area contributed by atoms with E-state index in [0.29, 0.717) is 5.02 Å². The summed E-state index contributed by atoms with van der Waals surface area (Å²) in [5.41, 5.74) is 3.71. The molecule has 1 aliphatic heterocycles. The number of nitrogens with zero attached hydrogens (tertiary/aromatic N) is 5. The van der Waals surface area contributed by atoms with Crippen LogP contribution in [0, 0.1) is 0 Å². The Bertz CT molecular complexity index is 1080. The molecular formula is C20H21ClN6S. The van der Waals surface area contributed by atoms with Gasteiger partial charge in [-0.15, -0.1) is 11.3 Å². The zero-order valence-electron chi connectivity index (χ0n) is 14.5. The zero-order valence-corrected chi connectivity index (χ0v) is 16.0. The first kappa shape index (κ1) is 18.9. The lowest BCUT2D eigenvalue weighted by molar-refractivity contribution is 0.588. The summed E-state index contributed by atoms with van der Waals surface area (Å²) < 4.78 is 2.09. The molecule has 1 aliphatic rings. The van der Waals surface area contributed by atoms with Crippen molar-refractivity contribution in [1.82, 2.24) is 24.8 Å². The number of pyridine rings is 1. The van der Waals surface area contributed by atoms with Crippen LogP contribution in [0.1, 0.15) is 7.43 Å². The fraction of sp³-hybridized carbons (Fsp3) is 0.250. The van der Waals surface area contributed by atoms with Gasteiger partial charge < -0.3 is 10.2 Å². The maximum absolute atomic E-state index is 6.08. The third kappa shape index (κ3) is 3.37. The number of hydrogen-bond acceptors (Lipinski definition) is 6. The SMILES string of the molecule is C.Clc1ccc(-n2c(-c3csc(N4CCNCC4)n3)nc3ccncc32)cc1. The minimum atomic E-state index is 0.